The molecule has 0 saturated heterocycles. The SMILES string of the molecule is CCCCc1ccc(C#Cc2ccc3c(F)c(C#Cc4ccc(CC)cc4)ccc3c2)cc1. The monoisotopic (exact) mass is 430 g/mol. The summed E-state index contributed by atoms with van der Waals surface area (Å²) in [6.07, 6.45) is 4.51. The Labute approximate surface area is 196 Å². The molecule has 0 aliphatic carbocycles. The maximum atomic E-state index is 15.1. The largest absolute Gasteiger partial charge is 0.205 e. The van der Waals surface area contributed by atoms with Gasteiger partial charge in [-0.15, -0.1) is 0 Å². The van der Waals surface area contributed by atoms with Crippen LogP contribution in [0.2, 0.25) is 0 Å². The lowest BCUT2D eigenvalue weighted by atomic mass is 10.0. The Morgan fingerprint density at radius 3 is 1.91 bits per heavy atom. The van der Waals surface area contributed by atoms with Gasteiger partial charge in [-0.05, 0) is 78.2 Å². The minimum Gasteiger partial charge on any atom is -0.205 e. The lowest BCUT2D eigenvalue weighted by Crippen LogP contribution is -1.88. The van der Waals surface area contributed by atoms with Crippen molar-refractivity contribution in [3.05, 3.63) is 118 Å². The molecule has 0 spiro atoms. The van der Waals surface area contributed by atoms with Crippen LogP contribution >= 0.6 is 0 Å². The molecule has 0 saturated carbocycles. The number of aryl methyl sites for hydroxylation is 2. The molecule has 1 heteroatoms. The Morgan fingerprint density at radius 1 is 0.636 bits per heavy atom. The number of fused-ring (bicyclic) bond motifs is 1. The fourth-order valence-electron chi connectivity index (χ4n) is 3.71. The van der Waals surface area contributed by atoms with Crippen LogP contribution in [-0.2, 0) is 12.8 Å². The van der Waals surface area contributed by atoms with Crippen molar-refractivity contribution < 1.29 is 4.39 Å². The molecule has 0 aliphatic heterocycles. The maximum absolute atomic E-state index is 15.1. The Kier molecular flexibility index (Phi) is 7.24. The Morgan fingerprint density at radius 2 is 1.24 bits per heavy atom. The summed E-state index contributed by atoms with van der Waals surface area (Å²) in [7, 11) is 0. The zero-order chi connectivity index (χ0) is 23.0. The van der Waals surface area contributed by atoms with Gasteiger partial charge >= 0.3 is 0 Å². The molecule has 4 aromatic carbocycles. The third kappa shape index (κ3) is 5.71. The van der Waals surface area contributed by atoms with E-state index >= 15 is 4.39 Å². The first-order chi connectivity index (χ1) is 16.2. The topological polar surface area (TPSA) is 0 Å². The van der Waals surface area contributed by atoms with Crippen molar-refractivity contribution in [1.82, 2.24) is 0 Å². The van der Waals surface area contributed by atoms with Crippen LogP contribution in [0, 0.1) is 29.5 Å². The predicted octanol–water partition coefficient (Wildman–Crippen LogP) is 7.68. The molecule has 0 nitrogen and oxygen atoms in total. The van der Waals surface area contributed by atoms with Crippen molar-refractivity contribution >= 4 is 10.8 Å². The van der Waals surface area contributed by atoms with E-state index < -0.39 is 0 Å². The van der Waals surface area contributed by atoms with Gasteiger partial charge in [-0.25, -0.2) is 4.39 Å². The molecule has 0 N–H and O–H groups in total. The Bertz CT molecular complexity index is 1370. The van der Waals surface area contributed by atoms with Crippen molar-refractivity contribution in [1.29, 1.82) is 0 Å². The molecule has 0 unspecified atom stereocenters. The van der Waals surface area contributed by atoms with Gasteiger partial charge in [-0.3, -0.25) is 0 Å². The average molecular weight is 431 g/mol. The van der Waals surface area contributed by atoms with E-state index in [2.05, 4.69) is 73.9 Å². The number of benzene rings is 4. The standard InChI is InChI=1S/C32H27F/c1-3-5-6-25-11-13-26(14-12-25)15-16-28-18-22-31-30(23-28)21-20-29(32(31)33)19-17-27-9-7-24(4-2)8-10-27/h7-14,18,20-23H,3-6H2,1-2H3. The number of halogens is 1. The lowest BCUT2D eigenvalue weighted by molar-refractivity contribution is 0.636. The highest BCUT2D eigenvalue weighted by atomic mass is 19.1. The fourth-order valence-corrected chi connectivity index (χ4v) is 3.71. The zero-order valence-electron chi connectivity index (χ0n) is 19.2. The van der Waals surface area contributed by atoms with Gasteiger partial charge < -0.3 is 0 Å². The maximum Gasteiger partial charge on any atom is 0.146 e. The van der Waals surface area contributed by atoms with Crippen LogP contribution in [0.15, 0.2) is 78.9 Å². The van der Waals surface area contributed by atoms with E-state index in [1.54, 1.807) is 12.1 Å². The molecule has 0 fully saturated rings. The summed E-state index contributed by atoms with van der Waals surface area (Å²) in [5.74, 6) is 12.2. The van der Waals surface area contributed by atoms with Gasteiger partial charge in [0, 0.05) is 22.1 Å². The minimum atomic E-state index is -0.285. The minimum absolute atomic E-state index is 0.285. The third-order valence-electron chi connectivity index (χ3n) is 5.78. The summed E-state index contributed by atoms with van der Waals surface area (Å²) in [4.78, 5) is 0. The molecule has 0 atom stereocenters. The van der Waals surface area contributed by atoms with Crippen LogP contribution < -0.4 is 0 Å². The predicted molar refractivity (Wildman–Crippen MR) is 137 cm³/mol. The third-order valence-corrected chi connectivity index (χ3v) is 5.78. The number of rotatable bonds is 4. The van der Waals surface area contributed by atoms with Crippen LogP contribution in [0.3, 0.4) is 0 Å². The molecule has 0 aromatic heterocycles. The first-order valence-electron chi connectivity index (χ1n) is 11.6. The summed E-state index contributed by atoms with van der Waals surface area (Å²) >= 11 is 0. The van der Waals surface area contributed by atoms with Gasteiger partial charge in [0.05, 0.1) is 5.56 Å². The summed E-state index contributed by atoms with van der Waals surface area (Å²) < 4.78 is 15.1. The summed E-state index contributed by atoms with van der Waals surface area (Å²) in [6.45, 7) is 4.32. The lowest BCUT2D eigenvalue weighted by Gasteiger charge is -2.03. The smallest absolute Gasteiger partial charge is 0.146 e. The normalized spacial score (nSPS) is 10.3. The van der Waals surface area contributed by atoms with Crippen LogP contribution in [-0.4, -0.2) is 0 Å². The molecular formula is C32H27F. The van der Waals surface area contributed by atoms with E-state index in [-0.39, 0.29) is 5.82 Å². The highest BCUT2D eigenvalue weighted by Crippen LogP contribution is 2.22. The van der Waals surface area contributed by atoms with Crippen molar-refractivity contribution in [2.75, 3.05) is 0 Å². The quantitative estimate of drug-likeness (QED) is 0.291. The summed E-state index contributed by atoms with van der Waals surface area (Å²) in [5.41, 5.74) is 5.76. The van der Waals surface area contributed by atoms with Gasteiger partial charge in [-0.2, -0.15) is 0 Å². The van der Waals surface area contributed by atoms with Gasteiger partial charge in [0.15, 0.2) is 0 Å². The number of hydrogen-bond acceptors (Lipinski definition) is 0. The highest BCUT2D eigenvalue weighted by Gasteiger charge is 2.06. The molecule has 0 heterocycles. The molecule has 0 radical (unpaired) electrons. The second kappa shape index (κ2) is 10.7. The molecule has 4 rings (SSSR count). The van der Waals surface area contributed by atoms with E-state index in [9.17, 15) is 0 Å². The Balaban J connectivity index is 1.54. The Hall–Kier alpha value is -3.81. The van der Waals surface area contributed by atoms with E-state index in [0.717, 1.165) is 34.9 Å². The van der Waals surface area contributed by atoms with Crippen LogP contribution in [0.4, 0.5) is 4.39 Å². The van der Waals surface area contributed by atoms with Crippen molar-refractivity contribution in [2.24, 2.45) is 0 Å². The second-order valence-electron chi connectivity index (χ2n) is 8.21. The van der Waals surface area contributed by atoms with E-state index in [0.29, 0.717) is 10.9 Å². The van der Waals surface area contributed by atoms with Crippen LogP contribution in [0.5, 0.6) is 0 Å². The first kappa shape index (κ1) is 22.4. The summed E-state index contributed by atoms with van der Waals surface area (Å²) in [6, 6.07) is 25.8. The van der Waals surface area contributed by atoms with Crippen molar-refractivity contribution in [3.8, 4) is 23.7 Å². The molecule has 33 heavy (non-hydrogen) atoms. The van der Waals surface area contributed by atoms with Gasteiger partial charge in [0.2, 0.25) is 0 Å². The molecule has 4 aromatic rings. The van der Waals surface area contributed by atoms with Crippen molar-refractivity contribution in [3.63, 3.8) is 0 Å². The van der Waals surface area contributed by atoms with Gasteiger partial charge in [0.1, 0.15) is 5.82 Å². The second-order valence-corrected chi connectivity index (χ2v) is 8.21. The number of unbranched alkanes of at least 4 members (excludes halogenated alkanes) is 1. The first-order valence-corrected chi connectivity index (χ1v) is 11.6. The van der Waals surface area contributed by atoms with Crippen molar-refractivity contribution in [2.45, 2.75) is 39.5 Å². The molecule has 162 valence electrons. The van der Waals surface area contributed by atoms with Gasteiger partial charge in [-0.1, -0.05) is 80.3 Å². The average Bonchev–Trinajstić information content (AvgIpc) is 2.86. The van der Waals surface area contributed by atoms with E-state index in [1.165, 1.54) is 24.0 Å². The van der Waals surface area contributed by atoms with Gasteiger partial charge in [0.25, 0.3) is 0 Å². The number of hydrogen-bond donors (Lipinski definition) is 0. The highest BCUT2D eigenvalue weighted by molar-refractivity contribution is 5.86. The molecule has 0 aliphatic rings. The van der Waals surface area contributed by atoms with Crippen LogP contribution in [0.25, 0.3) is 10.8 Å². The molecule has 0 amide bonds. The summed E-state index contributed by atoms with van der Waals surface area (Å²) in [5, 5.41) is 1.39. The fraction of sp³-hybridized carbons (Fsp3) is 0.188. The van der Waals surface area contributed by atoms with Crippen LogP contribution in [0.1, 0.15) is 60.1 Å². The van der Waals surface area contributed by atoms with E-state index in [4.69, 9.17) is 0 Å². The zero-order valence-corrected chi connectivity index (χ0v) is 19.2. The molecule has 0 bridgehead atoms. The van der Waals surface area contributed by atoms with E-state index in [1.807, 2.05) is 30.3 Å². The molecular weight excluding hydrogens is 403 g/mol.